The Bertz CT molecular complexity index is 653. The fraction of sp³-hybridized carbons (Fsp3) is 0.696. The second-order valence-electron chi connectivity index (χ2n) is 9.18. The molecule has 0 amide bonds. The van der Waals surface area contributed by atoms with Gasteiger partial charge in [-0.1, -0.05) is 24.3 Å². The lowest BCUT2D eigenvalue weighted by Crippen LogP contribution is -2.56. The molecule has 0 radical (unpaired) electrons. The first-order chi connectivity index (χ1) is 13.7. The van der Waals surface area contributed by atoms with Crippen LogP contribution in [0.4, 0.5) is 0 Å². The fourth-order valence-corrected chi connectivity index (χ4v) is 3.21. The number of hydrogen-bond acceptors (Lipinski definition) is 4. The number of nitrogens with one attached hydrogen (secondary N) is 2. The van der Waals surface area contributed by atoms with Crippen molar-refractivity contribution in [3.63, 3.8) is 0 Å². The van der Waals surface area contributed by atoms with Crippen LogP contribution in [0.2, 0.25) is 0 Å². The lowest BCUT2D eigenvalue weighted by atomic mass is 10.0. The van der Waals surface area contributed by atoms with Crippen LogP contribution in [0.15, 0.2) is 29.3 Å². The van der Waals surface area contributed by atoms with E-state index in [2.05, 4.69) is 81.3 Å². The highest BCUT2D eigenvalue weighted by atomic mass is 127. The van der Waals surface area contributed by atoms with Gasteiger partial charge in [-0.2, -0.15) is 0 Å². The Kier molecular flexibility index (Phi) is 11.6. The molecule has 0 aromatic heterocycles. The quantitative estimate of drug-likeness (QED) is 0.303. The zero-order chi connectivity index (χ0) is 21.3. The molecular formula is C23H41IN4O2. The Hall–Kier alpha value is -0.900. The molecule has 2 rings (SSSR count). The standard InChI is InChI=1S/C23H40N4O2.HI/c1-7-24-21(26-18-23(5,6)27-11-13-28-14-12-27)25-16-19-9-8-10-20(15-19)17-29-22(2,3)4;/h8-10,15H,7,11-14,16-18H2,1-6H3,(H2,24,25,26);1H. The van der Waals surface area contributed by atoms with Crippen molar-refractivity contribution in [2.45, 2.75) is 65.8 Å². The zero-order valence-corrected chi connectivity index (χ0v) is 21.9. The van der Waals surface area contributed by atoms with Gasteiger partial charge in [0.1, 0.15) is 0 Å². The van der Waals surface area contributed by atoms with Crippen LogP contribution >= 0.6 is 24.0 Å². The molecule has 1 aromatic carbocycles. The van der Waals surface area contributed by atoms with Gasteiger partial charge in [-0.15, -0.1) is 24.0 Å². The molecule has 0 saturated carbocycles. The first-order valence-corrected chi connectivity index (χ1v) is 10.8. The molecule has 1 aliphatic heterocycles. The smallest absolute Gasteiger partial charge is 0.191 e. The summed E-state index contributed by atoms with van der Waals surface area (Å²) in [5, 5.41) is 6.88. The molecule has 1 aromatic rings. The van der Waals surface area contributed by atoms with Crippen LogP contribution in [-0.2, 0) is 22.6 Å². The van der Waals surface area contributed by atoms with E-state index in [-0.39, 0.29) is 35.1 Å². The zero-order valence-electron chi connectivity index (χ0n) is 19.6. The first-order valence-electron chi connectivity index (χ1n) is 10.8. The van der Waals surface area contributed by atoms with Gasteiger partial charge in [-0.25, -0.2) is 4.99 Å². The predicted molar refractivity (Wildman–Crippen MR) is 136 cm³/mol. The van der Waals surface area contributed by atoms with E-state index in [1.54, 1.807) is 0 Å². The monoisotopic (exact) mass is 532 g/mol. The van der Waals surface area contributed by atoms with Crippen LogP contribution in [0.5, 0.6) is 0 Å². The van der Waals surface area contributed by atoms with Crippen LogP contribution in [0, 0.1) is 0 Å². The predicted octanol–water partition coefficient (Wildman–Crippen LogP) is 3.79. The van der Waals surface area contributed by atoms with E-state index < -0.39 is 0 Å². The highest BCUT2D eigenvalue weighted by Gasteiger charge is 2.28. The molecule has 0 unspecified atom stereocenters. The van der Waals surface area contributed by atoms with Crippen LogP contribution < -0.4 is 10.6 Å². The van der Waals surface area contributed by atoms with Crippen molar-refractivity contribution in [1.29, 1.82) is 0 Å². The van der Waals surface area contributed by atoms with Crippen molar-refractivity contribution in [1.82, 2.24) is 15.5 Å². The van der Waals surface area contributed by atoms with Crippen molar-refractivity contribution in [3.05, 3.63) is 35.4 Å². The molecule has 172 valence electrons. The Morgan fingerprint density at radius 1 is 1.10 bits per heavy atom. The third-order valence-corrected chi connectivity index (χ3v) is 4.98. The second kappa shape index (κ2) is 12.8. The number of benzene rings is 1. The average molecular weight is 533 g/mol. The molecule has 0 spiro atoms. The minimum Gasteiger partial charge on any atom is -0.379 e. The van der Waals surface area contributed by atoms with Crippen LogP contribution in [0.1, 0.15) is 52.7 Å². The second-order valence-corrected chi connectivity index (χ2v) is 9.18. The molecule has 0 bridgehead atoms. The van der Waals surface area contributed by atoms with Crippen molar-refractivity contribution < 1.29 is 9.47 Å². The Morgan fingerprint density at radius 3 is 2.40 bits per heavy atom. The van der Waals surface area contributed by atoms with Crippen LogP contribution in [0.3, 0.4) is 0 Å². The molecule has 1 aliphatic rings. The van der Waals surface area contributed by atoms with Crippen molar-refractivity contribution in [3.8, 4) is 0 Å². The van der Waals surface area contributed by atoms with Crippen molar-refractivity contribution in [2.24, 2.45) is 4.99 Å². The van der Waals surface area contributed by atoms with Gasteiger partial charge in [-0.3, -0.25) is 4.90 Å². The van der Waals surface area contributed by atoms with E-state index in [0.717, 1.165) is 45.4 Å². The average Bonchev–Trinajstić information content (AvgIpc) is 2.69. The summed E-state index contributed by atoms with van der Waals surface area (Å²) >= 11 is 0. The highest BCUT2D eigenvalue weighted by Crippen LogP contribution is 2.15. The van der Waals surface area contributed by atoms with Gasteiger partial charge in [0, 0.05) is 31.7 Å². The summed E-state index contributed by atoms with van der Waals surface area (Å²) in [4.78, 5) is 7.27. The third-order valence-electron chi connectivity index (χ3n) is 4.98. The summed E-state index contributed by atoms with van der Waals surface area (Å²) in [5.41, 5.74) is 2.28. The van der Waals surface area contributed by atoms with E-state index in [9.17, 15) is 0 Å². The van der Waals surface area contributed by atoms with E-state index in [4.69, 9.17) is 14.5 Å². The summed E-state index contributed by atoms with van der Waals surface area (Å²) < 4.78 is 11.4. The van der Waals surface area contributed by atoms with Gasteiger partial charge in [0.25, 0.3) is 0 Å². The normalized spacial score (nSPS) is 16.1. The molecular weight excluding hydrogens is 491 g/mol. The van der Waals surface area contributed by atoms with E-state index in [1.165, 1.54) is 11.1 Å². The van der Waals surface area contributed by atoms with Crippen molar-refractivity contribution in [2.75, 3.05) is 39.4 Å². The maximum Gasteiger partial charge on any atom is 0.191 e. The van der Waals surface area contributed by atoms with Gasteiger partial charge >= 0.3 is 0 Å². The molecule has 0 aliphatic carbocycles. The number of morpholine rings is 1. The van der Waals surface area contributed by atoms with E-state index in [0.29, 0.717) is 13.2 Å². The summed E-state index contributed by atoms with van der Waals surface area (Å²) in [6.07, 6.45) is 0. The fourth-order valence-electron chi connectivity index (χ4n) is 3.21. The summed E-state index contributed by atoms with van der Waals surface area (Å²) in [7, 11) is 0. The topological polar surface area (TPSA) is 58.1 Å². The summed E-state index contributed by atoms with van der Waals surface area (Å²) in [6, 6.07) is 8.48. The van der Waals surface area contributed by atoms with E-state index in [1.807, 2.05) is 0 Å². The van der Waals surface area contributed by atoms with Crippen LogP contribution in [0.25, 0.3) is 0 Å². The molecule has 6 nitrogen and oxygen atoms in total. The number of nitrogens with zero attached hydrogens (tertiary/aromatic N) is 2. The highest BCUT2D eigenvalue weighted by molar-refractivity contribution is 14.0. The number of hydrogen-bond donors (Lipinski definition) is 2. The summed E-state index contributed by atoms with van der Waals surface area (Å²) in [6.45, 7) is 19.4. The molecule has 1 saturated heterocycles. The Morgan fingerprint density at radius 2 is 1.77 bits per heavy atom. The maximum atomic E-state index is 5.89. The maximum absolute atomic E-state index is 5.89. The van der Waals surface area contributed by atoms with Gasteiger partial charge in [0.05, 0.1) is 32.0 Å². The Balaban J connectivity index is 0.00000450. The van der Waals surface area contributed by atoms with Gasteiger partial charge < -0.3 is 20.1 Å². The van der Waals surface area contributed by atoms with Crippen LogP contribution in [-0.4, -0.2) is 61.4 Å². The number of aliphatic imine (C=N–C) groups is 1. The third kappa shape index (κ3) is 9.94. The molecule has 30 heavy (non-hydrogen) atoms. The minimum atomic E-state index is -0.135. The molecule has 1 fully saturated rings. The lowest BCUT2D eigenvalue weighted by Gasteiger charge is -2.41. The van der Waals surface area contributed by atoms with Crippen molar-refractivity contribution >= 4 is 29.9 Å². The molecule has 2 N–H and O–H groups in total. The molecule has 7 heteroatoms. The minimum absolute atomic E-state index is 0. The van der Waals surface area contributed by atoms with Gasteiger partial charge in [-0.05, 0) is 52.7 Å². The Labute approximate surface area is 200 Å². The number of guanidine groups is 1. The van der Waals surface area contributed by atoms with E-state index >= 15 is 0 Å². The largest absolute Gasteiger partial charge is 0.379 e. The summed E-state index contributed by atoms with van der Waals surface area (Å²) in [5.74, 6) is 0.852. The number of rotatable bonds is 8. The van der Waals surface area contributed by atoms with Gasteiger partial charge in [0.15, 0.2) is 5.96 Å². The first kappa shape index (κ1) is 27.1. The van der Waals surface area contributed by atoms with Gasteiger partial charge in [0.2, 0.25) is 0 Å². The SMILES string of the molecule is CCNC(=NCc1cccc(COC(C)(C)C)c1)NCC(C)(C)N1CCOCC1.I. The number of ether oxygens (including phenoxy) is 2. The number of halogens is 1. The molecule has 0 atom stereocenters. The molecule has 1 heterocycles. The lowest BCUT2D eigenvalue weighted by molar-refractivity contribution is -0.0149.